The lowest BCUT2D eigenvalue weighted by Crippen LogP contribution is -2.42. The SMILES string of the molecule is CN(CCCCN1C(=O)C2CCCCC2C1=O)[C@@H]1Cc2cccc3[nH]c(=O)n(c23)C1. The van der Waals surface area contributed by atoms with Crippen LogP contribution in [0.3, 0.4) is 0 Å². The summed E-state index contributed by atoms with van der Waals surface area (Å²) in [5.41, 5.74) is 3.13. The van der Waals surface area contributed by atoms with Crippen molar-refractivity contribution in [3.05, 3.63) is 34.2 Å². The average molecular weight is 411 g/mol. The first-order chi connectivity index (χ1) is 14.5. The molecule has 3 atom stereocenters. The number of likely N-dealkylation sites (N-methyl/N-ethyl adjacent to an activating group) is 1. The van der Waals surface area contributed by atoms with Crippen LogP contribution in [0.2, 0.25) is 0 Å². The molecule has 160 valence electrons. The van der Waals surface area contributed by atoms with Gasteiger partial charge in [0, 0.05) is 19.1 Å². The summed E-state index contributed by atoms with van der Waals surface area (Å²) in [5.74, 6) is 0.0380. The van der Waals surface area contributed by atoms with Crippen LogP contribution in [0.4, 0.5) is 0 Å². The van der Waals surface area contributed by atoms with E-state index < -0.39 is 0 Å². The number of H-pyrrole nitrogens is 1. The first kappa shape index (κ1) is 19.5. The number of hydrogen-bond acceptors (Lipinski definition) is 4. The molecule has 1 saturated heterocycles. The Labute approximate surface area is 176 Å². The van der Waals surface area contributed by atoms with Gasteiger partial charge in [-0.05, 0) is 57.3 Å². The fraction of sp³-hybridized carbons (Fsp3) is 0.609. The van der Waals surface area contributed by atoms with Crippen molar-refractivity contribution in [2.75, 3.05) is 20.1 Å². The van der Waals surface area contributed by atoms with Crippen molar-refractivity contribution in [1.82, 2.24) is 19.4 Å². The van der Waals surface area contributed by atoms with E-state index in [0.29, 0.717) is 13.1 Å². The highest BCUT2D eigenvalue weighted by Crippen LogP contribution is 2.38. The van der Waals surface area contributed by atoms with Crippen LogP contribution < -0.4 is 5.69 Å². The van der Waals surface area contributed by atoms with Gasteiger partial charge in [-0.1, -0.05) is 25.0 Å². The van der Waals surface area contributed by atoms with Gasteiger partial charge in [0.15, 0.2) is 0 Å². The highest BCUT2D eigenvalue weighted by atomic mass is 16.2. The fourth-order valence-electron chi connectivity index (χ4n) is 5.72. The third kappa shape index (κ3) is 3.20. The van der Waals surface area contributed by atoms with Crippen LogP contribution in [0.15, 0.2) is 23.0 Å². The predicted octanol–water partition coefficient (Wildman–Crippen LogP) is 2.14. The minimum Gasteiger partial charge on any atom is -0.306 e. The number of fused-ring (bicyclic) bond motifs is 1. The molecule has 0 bridgehead atoms. The Balaban J connectivity index is 1.15. The molecule has 1 aromatic heterocycles. The smallest absolute Gasteiger partial charge is 0.306 e. The van der Waals surface area contributed by atoms with Crippen molar-refractivity contribution >= 4 is 22.8 Å². The van der Waals surface area contributed by atoms with E-state index in [2.05, 4.69) is 23.0 Å². The summed E-state index contributed by atoms with van der Waals surface area (Å²) in [4.78, 5) is 44.3. The Morgan fingerprint density at radius 2 is 1.80 bits per heavy atom. The van der Waals surface area contributed by atoms with Crippen LogP contribution in [0.5, 0.6) is 0 Å². The zero-order chi connectivity index (χ0) is 20.8. The minimum atomic E-state index is -0.0484. The lowest BCUT2D eigenvalue weighted by atomic mass is 9.81. The maximum Gasteiger partial charge on any atom is 0.326 e. The van der Waals surface area contributed by atoms with Crippen molar-refractivity contribution in [1.29, 1.82) is 0 Å². The van der Waals surface area contributed by atoms with E-state index in [1.165, 1.54) is 10.5 Å². The summed E-state index contributed by atoms with van der Waals surface area (Å²) in [7, 11) is 2.11. The summed E-state index contributed by atoms with van der Waals surface area (Å²) in [5, 5.41) is 0. The van der Waals surface area contributed by atoms with E-state index in [1.807, 2.05) is 16.7 Å². The monoisotopic (exact) mass is 410 g/mol. The van der Waals surface area contributed by atoms with Crippen LogP contribution in [-0.2, 0) is 22.6 Å². The van der Waals surface area contributed by atoms with Gasteiger partial charge in [0.05, 0.1) is 22.9 Å². The van der Waals surface area contributed by atoms with Crippen LogP contribution >= 0.6 is 0 Å². The van der Waals surface area contributed by atoms with E-state index in [9.17, 15) is 14.4 Å². The van der Waals surface area contributed by atoms with Gasteiger partial charge in [-0.25, -0.2) is 4.79 Å². The number of likely N-dealkylation sites (tertiary alicyclic amines) is 1. The lowest BCUT2D eigenvalue weighted by molar-refractivity contribution is -0.140. The molecule has 30 heavy (non-hydrogen) atoms. The van der Waals surface area contributed by atoms with Crippen molar-refractivity contribution in [2.24, 2.45) is 11.8 Å². The zero-order valence-electron chi connectivity index (χ0n) is 17.6. The first-order valence-electron chi connectivity index (χ1n) is 11.3. The van der Waals surface area contributed by atoms with E-state index in [1.54, 1.807) is 0 Å². The number of hydrogen-bond donors (Lipinski definition) is 1. The fourth-order valence-corrected chi connectivity index (χ4v) is 5.72. The summed E-state index contributed by atoms with van der Waals surface area (Å²) in [6.45, 7) is 2.13. The molecule has 0 radical (unpaired) electrons. The Bertz CT molecular complexity index is 1010. The van der Waals surface area contributed by atoms with Crippen LogP contribution in [0.1, 0.15) is 44.1 Å². The van der Waals surface area contributed by atoms with Gasteiger partial charge >= 0.3 is 5.69 Å². The van der Waals surface area contributed by atoms with E-state index in [-0.39, 0.29) is 35.4 Å². The number of para-hydroxylation sites is 1. The Kier molecular flexibility index (Phi) is 5.01. The highest BCUT2D eigenvalue weighted by Gasteiger charge is 2.47. The first-order valence-corrected chi connectivity index (χ1v) is 11.3. The highest BCUT2D eigenvalue weighted by molar-refractivity contribution is 6.05. The molecule has 2 aromatic rings. The molecule has 2 amide bonds. The van der Waals surface area contributed by atoms with Crippen LogP contribution in [0, 0.1) is 11.8 Å². The van der Waals surface area contributed by atoms with Crippen LogP contribution in [-0.4, -0.2) is 57.3 Å². The number of carbonyl (C=O) groups is 2. The molecule has 1 aliphatic carbocycles. The van der Waals surface area contributed by atoms with Gasteiger partial charge in [-0.3, -0.25) is 19.1 Å². The molecule has 1 aromatic carbocycles. The Morgan fingerprint density at radius 3 is 2.53 bits per heavy atom. The van der Waals surface area contributed by atoms with E-state index in [0.717, 1.165) is 62.5 Å². The molecule has 0 spiro atoms. The standard InChI is InChI=1S/C23H30N4O3/c1-25(16-13-15-7-6-10-19-20(15)27(14-16)23(30)24-19)11-4-5-12-26-21(28)17-8-2-3-9-18(17)22(26)29/h6-7,10,16-18H,2-5,8-9,11-14H2,1H3,(H,24,30)/t16-,17?,18?/m1/s1. The average Bonchev–Trinajstić information content (AvgIpc) is 3.21. The number of aromatic amines is 1. The molecule has 2 fully saturated rings. The minimum absolute atomic E-state index is 0.0388. The zero-order valence-corrected chi connectivity index (χ0v) is 17.6. The summed E-state index contributed by atoms with van der Waals surface area (Å²) >= 11 is 0. The summed E-state index contributed by atoms with van der Waals surface area (Å²) < 4.78 is 1.86. The normalized spacial score (nSPS) is 26.1. The number of unbranched alkanes of at least 4 members (excludes halogenated alkanes) is 1. The van der Waals surface area contributed by atoms with Gasteiger partial charge < -0.3 is 9.88 Å². The molecule has 2 unspecified atom stereocenters. The van der Waals surface area contributed by atoms with Gasteiger partial charge in [0.2, 0.25) is 11.8 Å². The molecule has 7 heteroatoms. The molecule has 3 aliphatic rings. The second-order valence-corrected chi connectivity index (χ2v) is 9.23. The number of benzene rings is 1. The third-order valence-electron chi connectivity index (χ3n) is 7.42. The maximum atomic E-state index is 12.6. The summed E-state index contributed by atoms with van der Waals surface area (Å²) in [6.07, 6.45) is 6.58. The molecule has 1 N–H and O–H groups in total. The Morgan fingerprint density at radius 1 is 1.07 bits per heavy atom. The molecule has 5 rings (SSSR count). The number of rotatable bonds is 6. The molecule has 7 nitrogen and oxygen atoms in total. The third-order valence-corrected chi connectivity index (χ3v) is 7.42. The van der Waals surface area contributed by atoms with Crippen molar-refractivity contribution in [3.8, 4) is 0 Å². The number of nitrogens with one attached hydrogen (secondary N) is 1. The number of carbonyl (C=O) groups excluding carboxylic acids is 2. The quantitative estimate of drug-likeness (QED) is 0.585. The van der Waals surface area contributed by atoms with Crippen LogP contribution in [0.25, 0.3) is 11.0 Å². The van der Waals surface area contributed by atoms with Crippen molar-refractivity contribution in [3.63, 3.8) is 0 Å². The maximum absolute atomic E-state index is 12.6. The van der Waals surface area contributed by atoms with Gasteiger partial charge in [0.25, 0.3) is 0 Å². The molecule has 1 saturated carbocycles. The van der Waals surface area contributed by atoms with Gasteiger partial charge in [-0.15, -0.1) is 0 Å². The molecular weight excluding hydrogens is 380 g/mol. The second kappa shape index (κ2) is 7.69. The lowest BCUT2D eigenvalue weighted by Gasteiger charge is -2.32. The van der Waals surface area contributed by atoms with Gasteiger partial charge in [-0.2, -0.15) is 0 Å². The van der Waals surface area contributed by atoms with Crippen molar-refractivity contribution < 1.29 is 9.59 Å². The molecular formula is C23H30N4O3. The number of imide groups is 1. The predicted molar refractivity (Wildman–Crippen MR) is 114 cm³/mol. The second-order valence-electron chi connectivity index (χ2n) is 9.23. The van der Waals surface area contributed by atoms with Gasteiger partial charge in [0.1, 0.15) is 0 Å². The Hall–Kier alpha value is -2.41. The van der Waals surface area contributed by atoms with E-state index >= 15 is 0 Å². The number of nitrogens with zero attached hydrogens (tertiary/aromatic N) is 3. The molecule has 3 heterocycles. The number of aromatic nitrogens is 2. The largest absolute Gasteiger partial charge is 0.326 e. The topological polar surface area (TPSA) is 78.4 Å². The molecule has 2 aliphatic heterocycles. The van der Waals surface area contributed by atoms with E-state index in [4.69, 9.17) is 0 Å². The number of amides is 2. The summed E-state index contributed by atoms with van der Waals surface area (Å²) in [6, 6.07) is 6.34. The number of imidazole rings is 1. The van der Waals surface area contributed by atoms with Crippen molar-refractivity contribution in [2.45, 2.75) is 57.5 Å².